The number of likely N-dealkylation sites (N-methyl/N-ethyl adjacent to an activating group) is 1. The first kappa shape index (κ1) is 55.8. The molecule has 0 aliphatic rings. The van der Waals surface area contributed by atoms with Gasteiger partial charge < -0.3 is 23.8 Å². The molecule has 0 aromatic carbocycles. The highest BCUT2D eigenvalue weighted by molar-refractivity contribution is 5.72. The summed E-state index contributed by atoms with van der Waals surface area (Å²) < 4.78 is 17.3. The Labute approximate surface area is 358 Å². The van der Waals surface area contributed by atoms with Crippen molar-refractivity contribution < 1.29 is 38.2 Å². The molecule has 58 heavy (non-hydrogen) atoms. The number of allylic oxidation sites excluding steroid dienone is 4. The number of esters is 2. The summed E-state index contributed by atoms with van der Waals surface area (Å²) in [5, 5.41) is 9.64. The predicted molar refractivity (Wildman–Crippen MR) is 243 cm³/mol. The average Bonchev–Trinajstić information content (AvgIpc) is 3.18. The van der Waals surface area contributed by atoms with E-state index in [0.717, 1.165) is 57.8 Å². The average molecular weight is 821 g/mol. The van der Waals surface area contributed by atoms with Crippen LogP contribution in [0, 0.1) is 0 Å². The lowest BCUT2D eigenvalue weighted by molar-refractivity contribution is -0.887. The summed E-state index contributed by atoms with van der Waals surface area (Å²) in [6, 6.07) is -0.615. The number of aliphatic carboxylic acids is 1. The zero-order chi connectivity index (χ0) is 42.8. The molecular formula is C50H94NO7+. The summed E-state index contributed by atoms with van der Waals surface area (Å²) in [6.07, 6.45) is 46.5. The van der Waals surface area contributed by atoms with Crippen molar-refractivity contribution in [2.45, 2.75) is 238 Å². The molecular weight excluding hydrogens is 727 g/mol. The first-order valence-corrected chi connectivity index (χ1v) is 24.4. The van der Waals surface area contributed by atoms with Crippen LogP contribution in [-0.4, -0.2) is 80.6 Å². The molecule has 2 atom stereocenters. The number of carbonyl (C=O) groups is 3. The van der Waals surface area contributed by atoms with Crippen molar-refractivity contribution in [3.8, 4) is 0 Å². The Balaban J connectivity index is 4.30. The summed E-state index contributed by atoms with van der Waals surface area (Å²) in [6.45, 7) is 4.75. The van der Waals surface area contributed by atoms with Crippen LogP contribution in [0.15, 0.2) is 24.3 Å². The first-order chi connectivity index (χ1) is 28.1. The summed E-state index contributed by atoms with van der Waals surface area (Å²) in [5.74, 6) is -1.47. The van der Waals surface area contributed by atoms with Crippen LogP contribution in [0.4, 0.5) is 0 Å². The molecule has 0 rings (SSSR count). The molecule has 0 radical (unpaired) electrons. The molecule has 1 N–H and O–H groups in total. The van der Waals surface area contributed by atoms with E-state index in [0.29, 0.717) is 19.3 Å². The summed E-state index contributed by atoms with van der Waals surface area (Å²) in [5.41, 5.74) is 0. The molecule has 0 saturated heterocycles. The minimum absolute atomic E-state index is 0.0526. The van der Waals surface area contributed by atoms with Crippen molar-refractivity contribution in [1.29, 1.82) is 0 Å². The highest BCUT2D eigenvalue weighted by Crippen LogP contribution is 2.16. The van der Waals surface area contributed by atoms with E-state index in [1.165, 1.54) is 135 Å². The van der Waals surface area contributed by atoms with Crippen LogP contribution >= 0.6 is 0 Å². The first-order valence-electron chi connectivity index (χ1n) is 24.4. The van der Waals surface area contributed by atoms with Crippen LogP contribution in [0.2, 0.25) is 0 Å². The van der Waals surface area contributed by atoms with E-state index in [9.17, 15) is 19.5 Å². The van der Waals surface area contributed by atoms with E-state index in [4.69, 9.17) is 14.2 Å². The smallest absolute Gasteiger partial charge is 0.362 e. The van der Waals surface area contributed by atoms with Crippen molar-refractivity contribution in [2.24, 2.45) is 0 Å². The van der Waals surface area contributed by atoms with Crippen LogP contribution in [0.1, 0.15) is 226 Å². The zero-order valence-corrected chi connectivity index (χ0v) is 38.8. The third-order valence-electron chi connectivity index (χ3n) is 11.1. The molecule has 8 nitrogen and oxygen atoms in total. The minimum Gasteiger partial charge on any atom is -0.477 e. The predicted octanol–water partition coefficient (Wildman–Crippen LogP) is 13.6. The van der Waals surface area contributed by atoms with E-state index < -0.39 is 18.1 Å². The number of carboxylic acid groups (broad SMARTS) is 1. The number of hydrogen-bond donors (Lipinski definition) is 1. The Morgan fingerprint density at radius 2 is 0.897 bits per heavy atom. The van der Waals surface area contributed by atoms with E-state index in [1.54, 1.807) is 0 Å². The lowest BCUT2D eigenvalue weighted by Gasteiger charge is -2.31. The number of nitrogens with zero attached hydrogens (tertiary/aromatic N) is 1. The Morgan fingerprint density at radius 3 is 1.29 bits per heavy atom. The molecule has 0 bridgehead atoms. The third kappa shape index (κ3) is 39.3. The number of unbranched alkanes of at least 4 members (excludes halogenated alkanes) is 27. The van der Waals surface area contributed by atoms with Gasteiger partial charge in [0.25, 0.3) is 0 Å². The number of carboxylic acids is 1. The normalized spacial score (nSPS) is 13.1. The molecule has 0 aliphatic carbocycles. The van der Waals surface area contributed by atoms with Gasteiger partial charge in [0.15, 0.2) is 12.1 Å². The van der Waals surface area contributed by atoms with Gasteiger partial charge in [-0.2, -0.15) is 0 Å². The molecule has 8 heteroatoms. The molecule has 340 valence electrons. The summed E-state index contributed by atoms with van der Waals surface area (Å²) in [4.78, 5) is 37.1. The number of hydrogen-bond acceptors (Lipinski definition) is 6. The topological polar surface area (TPSA) is 99.1 Å². The van der Waals surface area contributed by atoms with E-state index >= 15 is 0 Å². The number of rotatable bonds is 44. The van der Waals surface area contributed by atoms with Gasteiger partial charge in [0.05, 0.1) is 34.4 Å². The fourth-order valence-corrected chi connectivity index (χ4v) is 7.32. The lowest BCUT2D eigenvalue weighted by atomic mass is 10.0. The van der Waals surface area contributed by atoms with Crippen molar-refractivity contribution >= 4 is 17.9 Å². The number of ether oxygens (including phenoxy) is 3. The van der Waals surface area contributed by atoms with E-state index in [1.807, 2.05) is 21.1 Å². The van der Waals surface area contributed by atoms with Crippen LogP contribution in [0.25, 0.3) is 0 Å². The van der Waals surface area contributed by atoms with Crippen molar-refractivity contribution in [3.63, 3.8) is 0 Å². The van der Waals surface area contributed by atoms with Gasteiger partial charge in [-0.1, -0.05) is 192 Å². The standard InChI is InChI=1S/C50H93NO7/c1-6-8-10-12-14-16-18-20-22-24-25-27-29-31-33-35-37-39-41-49(53)58-46(44-56-43-42-47(50(54)55)51(3,4)5)45-57-48(52)40-38-36-34-32-30-28-26-23-21-19-17-15-13-11-9-7-2/h22,24-25,27,46-47H,6-21,23,26,28-45H2,1-5H3/p+1/b24-22+,27-25+. The van der Waals surface area contributed by atoms with Gasteiger partial charge in [0.1, 0.15) is 6.61 Å². The maximum atomic E-state index is 12.8. The molecule has 0 aliphatic heterocycles. The van der Waals surface area contributed by atoms with Gasteiger partial charge in [-0.05, 0) is 38.5 Å². The molecule has 0 heterocycles. The van der Waals surface area contributed by atoms with Gasteiger partial charge in [-0.25, -0.2) is 4.79 Å². The quantitative estimate of drug-likeness (QED) is 0.0283. The van der Waals surface area contributed by atoms with Crippen molar-refractivity contribution in [3.05, 3.63) is 24.3 Å². The van der Waals surface area contributed by atoms with Gasteiger partial charge in [-0.3, -0.25) is 9.59 Å². The molecule has 0 amide bonds. The number of quaternary nitrogens is 1. The number of carbonyl (C=O) groups excluding carboxylic acids is 2. The summed E-state index contributed by atoms with van der Waals surface area (Å²) >= 11 is 0. The Kier molecular flexibility index (Phi) is 40.0. The maximum Gasteiger partial charge on any atom is 0.362 e. The zero-order valence-electron chi connectivity index (χ0n) is 38.8. The summed E-state index contributed by atoms with van der Waals surface area (Å²) in [7, 11) is 5.53. The van der Waals surface area contributed by atoms with Gasteiger partial charge >= 0.3 is 17.9 Å². The molecule has 0 saturated carbocycles. The molecule has 0 aromatic heterocycles. The highest BCUT2D eigenvalue weighted by atomic mass is 16.6. The lowest BCUT2D eigenvalue weighted by Crippen LogP contribution is -2.50. The van der Waals surface area contributed by atoms with Gasteiger partial charge in [0.2, 0.25) is 0 Å². The highest BCUT2D eigenvalue weighted by Gasteiger charge is 2.31. The minimum atomic E-state index is -0.875. The molecule has 0 spiro atoms. The second-order valence-corrected chi connectivity index (χ2v) is 17.8. The second kappa shape index (κ2) is 41.5. The van der Waals surface area contributed by atoms with Crippen molar-refractivity contribution in [1.82, 2.24) is 0 Å². The van der Waals surface area contributed by atoms with Crippen LogP contribution in [-0.2, 0) is 28.6 Å². The van der Waals surface area contributed by atoms with Crippen LogP contribution in [0.5, 0.6) is 0 Å². The van der Waals surface area contributed by atoms with Gasteiger partial charge in [-0.15, -0.1) is 0 Å². The fraction of sp³-hybridized carbons (Fsp3) is 0.860. The molecule has 0 aromatic rings. The Hall–Kier alpha value is -2.19. The van der Waals surface area contributed by atoms with E-state index in [2.05, 4.69) is 38.2 Å². The van der Waals surface area contributed by atoms with Crippen LogP contribution in [0.3, 0.4) is 0 Å². The third-order valence-corrected chi connectivity index (χ3v) is 11.1. The molecule has 2 unspecified atom stereocenters. The largest absolute Gasteiger partial charge is 0.477 e. The van der Waals surface area contributed by atoms with Gasteiger partial charge in [0, 0.05) is 19.3 Å². The maximum absolute atomic E-state index is 12.8. The monoisotopic (exact) mass is 821 g/mol. The van der Waals surface area contributed by atoms with Crippen LogP contribution < -0.4 is 0 Å². The second-order valence-electron chi connectivity index (χ2n) is 17.8. The Bertz CT molecular complexity index is 1000. The molecule has 0 fully saturated rings. The van der Waals surface area contributed by atoms with Crippen molar-refractivity contribution in [2.75, 3.05) is 41.0 Å². The van der Waals surface area contributed by atoms with E-state index in [-0.39, 0.29) is 36.2 Å². The SMILES string of the molecule is CCCCCCCCC/C=C/C=C/CCCCCCCC(=O)OC(COCCC(C(=O)O)[N+](C)(C)C)COC(=O)CCCCCCCCCCCCCCCCCC. The fourth-order valence-electron chi connectivity index (χ4n) is 7.32. The Morgan fingerprint density at radius 1 is 0.517 bits per heavy atom.